The molecule has 0 bridgehead atoms. The molecule has 5 heterocycles. The van der Waals surface area contributed by atoms with Gasteiger partial charge in [0.25, 0.3) is 11.7 Å². The summed E-state index contributed by atoms with van der Waals surface area (Å²) in [6.45, 7) is 4.46. The molecule has 0 saturated carbocycles. The first kappa shape index (κ1) is 24.4. The number of alkyl halides is 3. The van der Waals surface area contributed by atoms with E-state index in [1.807, 2.05) is 5.38 Å². The Labute approximate surface area is 209 Å². The molecule has 0 aromatic carbocycles. The minimum absolute atomic E-state index is 0.0342. The van der Waals surface area contributed by atoms with Crippen LogP contribution >= 0.6 is 22.7 Å². The van der Waals surface area contributed by atoms with Crippen molar-refractivity contribution in [2.45, 2.75) is 38.8 Å². The van der Waals surface area contributed by atoms with Crippen LogP contribution in [0.5, 0.6) is 0 Å². The lowest BCUT2D eigenvalue weighted by atomic mass is 9.97. The van der Waals surface area contributed by atoms with Crippen molar-refractivity contribution in [3.63, 3.8) is 0 Å². The second-order valence-electron chi connectivity index (χ2n) is 8.08. The van der Waals surface area contributed by atoms with Gasteiger partial charge in [-0.25, -0.2) is 14.3 Å². The second-order valence-corrected chi connectivity index (χ2v) is 9.95. The maximum absolute atomic E-state index is 13.1. The van der Waals surface area contributed by atoms with Gasteiger partial charge in [0.05, 0.1) is 17.3 Å². The summed E-state index contributed by atoms with van der Waals surface area (Å²) in [6, 6.07) is 1.49. The molecule has 0 atom stereocenters. The fourth-order valence-corrected chi connectivity index (χ4v) is 5.93. The molecule has 5 rings (SSSR count). The van der Waals surface area contributed by atoms with Crippen molar-refractivity contribution in [2.24, 2.45) is 0 Å². The molecule has 0 spiro atoms. The number of halogens is 3. The molecule has 1 amide bonds. The van der Waals surface area contributed by atoms with E-state index in [4.69, 9.17) is 9.26 Å². The molecule has 0 N–H and O–H groups in total. The minimum atomic E-state index is -4.64. The lowest BCUT2D eigenvalue weighted by Crippen LogP contribution is -2.37. The van der Waals surface area contributed by atoms with E-state index in [0.717, 1.165) is 20.9 Å². The van der Waals surface area contributed by atoms with Crippen LogP contribution in [0.3, 0.4) is 0 Å². The lowest BCUT2D eigenvalue weighted by molar-refractivity contribution is -0.144. The molecule has 190 valence electrons. The van der Waals surface area contributed by atoms with Crippen molar-refractivity contribution in [1.82, 2.24) is 29.6 Å². The molecule has 4 aromatic heterocycles. The summed E-state index contributed by atoms with van der Waals surface area (Å²) < 4.78 is 49.9. The van der Waals surface area contributed by atoms with Gasteiger partial charge in [0.15, 0.2) is 11.5 Å². The fraction of sp³-hybridized carbons (Fsp3) is 0.429. The molecule has 4 aromatic rings. The van der Waals surface area contributed by atoms with E-state index in [9.17, 15) is 22.8 Å². The number of aryl methyl sites for hydroxylation is 1. The number of piperidine rings is 1. The molecule has 1 saturated heterocycles. The summed E-state index contributed by atoms with van der Waals surface area (Å²) in [6.07, 6.45) is -3.28. The number of carbonyl (C=O) groups excluding carboxylic acids is 2. The third-order valence-corrected chi connectivity index (χ3v) is 7.89. The predicted molar refractivity (Wildman–Crippen MR) is 122 cm³/mol. The molecule has 0 radical (unpaired) electrons. The van der Waals surface area contributed by atoms with Gasteiger partial charge < -0.3 is 14.2 Å². The number of amides is 1. The van der Waals surface area contributed by atoms with Crippen LogP contribution in [0, 0.1) is 6.92 Å². The number of rotatable bonds is 5. The Kier molecular flexibility index (Phi) is 6.28. The van der Waals surface area contributed by atoms with Crippen LogP contribution in [-0.2, 0) is 10.9 Å². The van der Waals surface area contributed by atoms with Crippen molar-refractivity contribution in [3.8, 4) is 11.5 Å². The summed E-state index contributed by atoms with van der Waals surface area (Å²) in [5.41, 5.74) is 0.984. The average Bonchev–Trinajstić information content (AvgIpc) is 3.63. The predicted octanol–water partition coefficient (Wildman–Crippen LogP) is 4.43. The summed E-state index contributed by atoms with van der Waals surface area (Å²) in [5, 5.41) is 9.96. The van der Waals surface area contributed by atoms with Crippen LogP contribution in [0.2, 0.25) is 0 Å². The van der Waals surface area contributed by atoms with Gasteiger partial charge in [-0.1, -0.05) is 16.5 Å². The van der Waals surface area contributed by atoms with Gasteiger partial charge in [-0.15, -0.1) is 16.4 Å². The van der Waals surface area contributed by atoms with E-state index in [0.29, 0.717) is 48.0 Å². The Morgan fingerprint density at radius 3 is 2.67 bits per heavy atom. The third kappa shape index (κ3) is 4.48. The summed E-state index contributed by atoms with van der Waals surface area (Å²) in [5.74, 6) is -1.52. The topological polar surface area (TPSA) is 116 Å². The highest BCUT2D eigenvalue weighted by Gasteiger charge is 2.37. The van der Waals surface area contributed by atoms with E-state index in [1.165, 1.54) is 17.4 Å². The number of likely N-dealkylation sites (tertiary alicyclic amines) is 1. The van der Waals surface area contributed by atoms with Crippen LogP contribution in [0.4, 0.5) is 13.2 Å². The molecule has 15 heteroatoms. The molecule has 36 heavy (non-hydrogen) atoms. The molecule has 1 fully saturated rings. The van der Waals surface area contributed by atoms with Gasteiger partial charge >= 0.3 is 12.1 Å². The van der Waals surface area contributed by atoms with Crippen LogP contribution < -0.4 is 0 Å². The number of fused-ring (bicyclic) bond motifs is 1. The van der Waals surface area contributed by atoms with Crippen molar-refractivity contribution in [2.75, 3.05) is 19.7 Å². The number of aromatic nitrogens is 5. The molecular weight excluding hydrogens is 521 g/mol. The number of esters is 1. The molecular formula is C21H19F3N6O4S2. The Morgan fingerprint density at radius 1 is 1.25 bits per heavy atom. The third-order valence-electron chi connectivity index (χ3n) is 5.77. The molecule has 0 aliphatic carbocycles. The number of ether oxygens (including phenoxy) is 1. The number of hydrogen-bond acceptors (Lipinski definition) is 10. The summed E-state index contributed by atoms with van der Waals surface area (Å²) in [4.78, 5) is 35.1. The Morgan fingerprint density at radius 2 is 2.00 bits per heavy atom. The highest BCUT2D eigenvalue weighted by Crippen LogP contribution is 2.35. The van der Waals surface area contributed by atoms with Gasteiger partial charge in [-0.05, 0) is 26.7 Å². The lowest BCUT2D eigenvalue weighted by Gasteiger charge is -2.30. The Hall–Kier alpha value is -3.33. The van der Waals surface area contributed by atoms with Crippen molar-refractivity contribution < 1.29 is 32.0 Å². The minimum Gasteiger partial charge on any atom is -0.461 e. The van der Waals surface area contributed by atoms with Gasteiger partial charge in [0, 0.05) is 30.5 Å². The van der Waals surface area contributed by atoms with Crippen molar-refractivity contribution in [1.29, 1.82) is 0 Å². The van der Waals surface area contributed by atoms with E-state index in [-0.39, 0.29) is 29.1 Å². The first-order valence-corrected chi connectivity index (χ1v) is 12.7. The average molecular weight is 541 g/mol. The van der Waals surface area contributed by atoms with Gasteiger partial charge in [-0.3, -0.25) is 4.79 Å². The monoisotopic (exact) mass is 540 g/mol. The van der Waals surface area contributed by atoms with Gasteiger partial charge in [0.2, 0.25) is 4.96 Å². The Balaban J connectivity index is 1.24. The first-order valence-electron chi connectivity index (χ1n) is 11.0. The SMILES string of the molecule is CCOC(=O)c1cc(-c2csc(C3CCN(C(=O)c4sc5nc(C(F)(F)F)nn5c4C)CC3)n2)on1. The maximum atomic E-state index is 13.1. The largest absolute Gasteiger partial charge is 0.461 e. The number of nitrogens with zero attached hydrogens (tertiary/aromatic N) is 6. The van der Waals surface area contributed by atoms with Crippen LogP contribution in [0.25, 0.3) is 16.4 Å². The highest BCUT2D eigenvalue weighted by atomic mass is 32.1. The molecule has 0 unspecified atom stereocenters. The zero-order valence-electron chi connectivity index (χ0n) is 19.0. The van der Waals surface area contributed by atoms with Crippen molar-refractivity contribution >= 4 is 39.5 Å². The first-order chi connectivity index (χ1) is 17.2. The van der Waals surface area contributed by atoms with Crippen LogP contribution in [0.1, 0.15) is 62.4 Å². The van der Waals surface area contributed by atoms with E-state index < -0.39 is 18.0 Å². The smallest absolute Gasteiger partial charge is 0.453 e. The van der Waals surface area contributed by atoms with Crippen LogP contribution in [0.15, 0.2) is 16.0 Å². The fourth-order valence-electron chi connectivity index (χ4n) is 3.92. The molecule has 10 nitrogen and oxygen atoms in total. The zero-order chi connectivity index (χ0) is 25.6. The summed E-state index contributed by atoms with van der Waals surface area (Å²) in [7, 11) is 0. The molecule has 1 aliphatic rings. The van der Waals surface area contributed by atoms with Crippen molar-refractivity contribution in [3.05, 3.63) is 38.5 Å². The highest BCUT2D eigenvalue weighted by molar-refractivity contribution is 7.19. The van der Waals surface area contributed by atoms with Gasteiger partial charge in [0.1, 0.15) is 10.6 Å². The zero-order valence-corrected chi connectivity index (χ0v) is 20.7. The maximum Gasteiger partial charge on any atom is 0.453 e. The standard InChI is InChI=1S/C21H19F3N6O4S2/c1-3-33-18(32)12-8-14(34-28-12)13-9-35-16(25-13)11-4-6-29(7-5-11)17(31)15-10(2)30-20(36-15)26-19(27-30)21(22,23)24/h8-9,11H,3-7H2,1-2H3. The number of hydrogen-bond donors (Lipinski definition) is 0. The van der Waals surface area contributed by atoms with E-state index >= 15 is 0 Å². The number of thiazole rings is 2. The molecule has 1 aliphatic heterocycles. The quantitative estimate of drug-likeness (QED) is 0.342. The van der Waals surface area contributed by atoms with Crippen LogP contribution in [-0.4, -0.2) is 61.2 Å². The normalized spacial score (nSPS) is 15.1. The number of carbonyl (C=O) groups is 2. The Bertz CT molecular complexity index is 1430. The summed E-state index contributed by atoms with van der Waals surface area (Å²) >= 11 is 2.37. The second kappa shape index (κ2) is 9.28. The van der Waals surface area contributed by atoms with Gasteiger partial charge in [-0.2, -0.15) is 18.2 Å². The van der Waals surface area contributed by atoms with E-state index in [1.54, 1.807) is 18.7 Å². The van der Waals surface area contributed by atoms with E-state index in [2.05, 4.69) is 20.2 Å².